The summed E-state index contributed by atoms with van der Waals surface area (Å²) in [5.41, 5.74) is 1.50. The molecule has 0 unspecified atom stereocenters. The summed E-state index contributed by atoms with van der Waals surface area (Å²) in [5, 5.41) is 7.68. The van der Waals surface area contributed by atoms with E-state index < -0.39 is 0 Å². The summed E-state index contributed by atoms with van der Waals surface area (Å²) in [6, 6.07) is 0. The van der Waals surface area contributed by atoms with Gasteiger partial charge in [-0.3, -0.25) is 4.68 Å². The Hall–Kier alpha value is -0.870. The maximum atomic E-state index is 4.18. The molecule has 1 heterocycles. The minimum Gasteiger partial charge on any atom is -0.312 e. The molecule has 1 rings (SSSR count). The first-order valence-electron chi connectivity index (χ1n) is 6.28. The van der Waals surface area contributed by atoms with Gasteiger partial charge in [-0.05, 0) is 47.3 Å². The van der Waals surface area contributed by atoms with E-state index in [0.29, 0.717) is 0 Å². The lowest BCUT2D eigenvalue weighted by atomic mass is 10.1. The second-order valence-electron chi connectivity index (χ2n) is 5.79. The van der Waals surface area contributed by atoms with Crippen molar-refractivity contribution in [2.45, 2.75) is 39.3 Å². The van der Waals surface area contributed by atoms with Gasteiger partial charge in [-0.15, -0.1) is 0 Å². The molecule has 0 fully saturated rings. The highest BCUT2D eigenvalue weighted by atomic mass is 15.2. The number of rotatable bonds is 6. The monoisotopic (exact) mass is 238 g/mol. The van der Waals surface area contributed by atoms with Crippen LogP contribution < -0.4 is 5.32 Å². The largest absolute Gasteiger partial charge is 0.312 e. The van der Waals surface area contributed by atoms with Crippen molar-refractivity contribution in [1.82, 2.24) is 20.0 Å². The van der Waals surface area contributed by atoms with Crippen LogP contribution in [0.1, 0.15) is 32.8 Å². The number of nitrogens with one attached hydrogen (secondary N) is 1. The number of aryl methyl sites for hydroxylation is 1. The van der Waals surface area contributed by atoms with Crippen molar-refractivity contribution in [3.05, 3.63) is 18.0 Å². The zero-order valence-electron chi connectivity index (χ0n) is 11.8. The van der Waals surface area contributed by atoms with Crippen LogP contribution >= 0.6 is 0 Å². The molecule has 0 aliphatic rings. The second-order valence-corrected chi connectivity index (χ2v) is 5.79. The van der Waals surface area contributed by atoms with E-state index in [9.17, 15) is 0 Å². The Morgan fingerprint density at radius 3 is 2.65 bits per heavy atom. The predicted octanol–water partition coefficient (Wildman–Crippen LogP) is 1.63. The van der Waals surface area contributed by atoms with E-state index in [0.717, 1.165) is 19.6 Å². The highest BCUT2D eigenvalue weighted by molar-refractivity contribution is 5.02. The molecule has 0 bridgehead atoms. The minimum atomic E-state index is 0.224. The first-order chi connectivity index (χ1) is 7.87. The molecule has 17 heavy (non-hydrogen) atoms. The summed E-state index contributed by atoms with van der Waals surface area (Å²) in [6.45, 7) is 9.76. The fraction of sp³-hybridized carbons (Fsp3) is 0.769. The molecule has 0 spiro atoms. The maximum absolute atomic E-state index is 4.18. The molecule has 0 saturated heterocycles. The average Bonchev–Trinajstić information content (AvgIpc) is 2.57. The first kappa shape index (κ1) is 14.2. The molecule has 0 radical (unpaired) electrons. The van der Waals surface area contributed by atoms with Crippen molar-refractivity contribution in [2.24, 2.45) is 7.05 Å². The van der Waals surface area contributed by atoms with E-state index in [4.69, 9.17) is 0 Å². The van der Waals surface area contributed by atoms with Gasteiger partial charge in [-0.25, -0.2) is 0 Å². The molecule has 0 aliphatic heterocycles. The van der Waals surface area contributed by atoms with Crippen LogP contribution in [0.15, 0.2) is 12.4 Å². The van der Waals surface area contributed by atoms with Crippen molar-refractivity contribution < 1.29 is 0 Å². The summed E-state index contributed by atoms with van der Waals surface area (Å²) in [5.74, 6) is 0. The Morgan fingerprint density at radius 1 is 1.41 bits per heavy atom. The smallest absolute Gasteiger partial charge is 0.0534 e. The van der Waals surface area contributed by atoms with E-state index in [1.165, 1.54) is 12.0 Å². The Kier molecular flexibility index (Phi) is 5.15. The third kappa shape index (κ3) is 6.44. The van der Waals surface area contributed by atoms with Crippen molar-refractivity contribution in [1.29, 1.82) is 0 Å². The number of aromatic nitrogens is 2. The topological polar surface area (TPSA) is 33.1 Å². The molecule has 0 aromatic carbocycles. The van der Waals surface area contributed by atoms with E-state index in [1.807, 2.05) is 17.9 Å². The van der Waals surface area contributed by atoms with Crippen molar-refractivity contribution in [3.8, 4) is 0 Å². The zero-order valence-corrected chi connectivity index (χ0v) is 11.8. The molecule has 1 N–H and O–H groups in total. The molecule has 0 aliphatic carbocycles. The van der Waals surface area contributed by atoms with Gasteiger partial charge in [0.1, 0.15) is 0 Å². The van der Waals surface area contributed by atoms with Gasteiger partial charge in [0.25, 0.3) is 0 Å². The quantitative estimate of drug-likeness (QED) is 0.765. The van der Waals surface area contributed by atoms with Gasteiger partial charge in [0.2, 0.25) is 0 Å². The lowest BCUT2D eigenvalue weighted by Gasteiger charge is -2.22. The molecule has 0 atom stereocenters. The summed E-state index contributed by atoms with van der Waals surface area (Å²) in [7, 11) is 4.11. The normalized spacial score (nSPS) is 12.4. The van der Waals surface area contributed by atoms with E-state index in [2.05, 4.69) is 49.3 Å². The van der Waals surface area contributed by atoms with Gasteiger partial charge < -0.3 is 10.2 Å². The number of hydrogen-bond donors (Lipinski definition) is 1. The molecule has 0 saturated carbocycles. The molecule has 1 aromatic heterocycles. The van der Waals surface area contributed by atoms with E-state index in [-0.39, 0.29) is 5.54 Å². The van der Waals surface area contributed by atoms with E-state index >= 15 is 0 Å². The maximum Gasteiger partial charge on any atom is 0.0534 e. The predicted molar refractivity (Wildman–Crippen MR) is 71.9 cm³/mol. The van der Waals surface area contributed by atoms with Gasteiger partial charge in [-0.2, -0.15) is 5.10 Å². The van der Waals surface area contributed by atoms with Crippen LogP contribution in [0.25, 0.3) is 0 Å². The van der Waals surface area contributed by atoms with Gasteiger partial charge in [0.15, 0.2) is 0 Å². The zero-order chi connectivity index (χ0) is 12.9. The minimum absolute atomic E-state index is 0.224. The van der Waals surface area contributed by atoms with Gasteiger partial charge in [0, 0.05) is 30.9 Å². The lowest BCUT2D eigenvalue weighted by Crippen LogP contribution is -2.37. The van der Waals surface area contributed by atoms with Gasteiger partial charge in [-0.1, -0.05) is 0 Å². The summed E-state index contributed by atoms with van der Waals surface area (Å²) >= 11 is 0. The van der Waals surface area contributed by atoms with Crippen LogP contribution in [-0.4, -0.2) is 40.4 Å². The number of hydrogen-bond acceptors (Lipinski definition) is 3. The fourth-order valence-electron chi connectivity index (χ4n) is 1.76. The second kappa shape index (κ2) is 6.17. The summed E-state index contributed by atoms with van der Waals surface area (Å²) < 4.78 is 1.85. The third-order valence-electron chi connectivity index (χ3n) is 2.58. The summed E-state index contributed by atoms with van der Waals surface area (Å²) in [4.78, 5) is 2.33. The molecule has 0 amide bonds. The average molecular weight is 238 g/mol. The first-order valence-corrected chi connectivity index (χ1v) is 6.28. The molecular weight excluding hydrogens is 212 g/mol. The van der Waals surface area contributed by atoms with Crippen LogP contribution in [0.4, 0.5) is 0 Å². The molecule has 1 aromatic rings. The van der Waals surface area contributed by atoms with Crippen LogP contribution in [0.2, 0.25) is 0 Å². The van der Waals surface area contributed by atoms with Crippen molar-refractivity contribution in [3.63, 3.8) is 0 Å². The molecule has 4 nitrogen and oxygen atoms in total. The van der Waals surface area contributed by atoms with Crippen LogP contribution in [0.5, 0.6) is 0 Å². The Bertz CT molecular complexity index is 324. The Morgan fingerprint density at radius 2 is 2.12 bits per heavy atom. The van der Waals surface area contributed by atoms with Gasteiger partial charge in [0.05, 0.1) is 6.20 Å². The highest BCUT2D eigenvalue weighted by Gasteiger charge is 2.08. The van der Waals surface area contributed by atoms with Crippen molar-refractivity contribution >= 4 is 0 Å². The molecule has 98 valence electrons. The highest BCUT2D eigenvalue weighted by Crippen LogP contribution is 2.02. The Balaban J connectivity index is 2.15. The standard InChI is InChI=1S/C13H26N4/c1-13(2,3)14-7-6-8-16(4)10-12-9-15-17(5)11-12/h9,11,14H,6-8,10H2,1-5H3. The van der Waals surface area contributed by atoms with Gasteiger partial charge >= 0.3 is 0 Å². The van der Waals surface area contributed by atoms with Crippen molar-refractivity contribution in [2.75, 3.05) is 20.1 Å². The Labute approximate surface area is 105 Å². The van der Waals surface area contributed by atoms with E-state index in [1.54, 1.807) is 0 Å². The lowest BCUT2D eigenvalue weighted by molar-refractivity contribution is 0.310. The van der Waals surface area contributed by atoms with Crippen LogP contribution in [0.3, 0.4) is 0 Å². The van der Waals surface area contributed by atoms with Crippen LogP contribution in [0, 0.1) is 0 Å². The summed E-state index contributed by atoms with van der Waals surface area (Å²) in [6.07, 6.45) is 5.18. The number of nitrogens with zero attached hydrogens (tertiary/aromatic N) is 3. The van der Waals surface area contributed by atoms with Crippen LogP contribution in [-0.2, 0) is 13.6 Å². The molecule has 4 heteroatoms. The fourth-order valence-corrected chi connectivity index (χ4v) is 1.76. The molecular formula is C13H26N4. The third-order valence-corrected chi connectivity index (χ3v) is 2.58. The SMILES string of the molecule is CN(CCCNC(C)(C)C)Cc1cnn(C)c1.